The van der Waals surface area contributed by atoms with Gasteiger partial charge in [-0.05, 0) is 61.1 Å². The van der Waals surface area contributed by atoms with Gasteiger partial charge in [0.1, 0.15) is 36.8 Å². The molecule has 16 heteroatoms. The highest BCUT2D eigenvalue weighted by Gasteiger charge is 2.53. The molecule has 1 saturated carbocycles. The van der Waals surface area contributed by atoms with Gasteiger partial charge in [0.2, 0.25) is 11.8 Å². The number of hydrogen-bond donors (Lipinski definition) is 3. The summed E-state index contributed by atoms with van der Waals surface area (Å²) in [7, 11) is 0. The lowest BCUT2D eigenvalue weighted by Crippen LogP contribution is -2.59. The summed E-state index contributed by atoms with van der Waals surface area (Å²) in [6.07, 6.45) is -0.685. The van der Waals surface area contributed by atoms with E-state index in [0.29, 0.717) is 30.3 Å². The number of aliphatic hydroxyl groups excluding tert-OH is 1. The molecular formula is C41H49FN6O7S2. The van der Waals surface area contributed by atoms with E-state index in [-0.39, 0.29) is 45.6 Å². The smallest absolute Gasteiger partial charge is 0.258 e. The summed E-state index contributed by atoms with van der Waals surface area (Å²) in [6, 6.07) is 11.5. The number of aromatic nitrogens is 2. The number of amides is 3. The van der Waals surface area contributed by atoms with E-state index in [1.54, 1.807) is 37.6 Å². The molecule has 3 aliphatic rings. The van der Waals surface area contributed by atoms with Crippen molar-refractivity contribution in [2.45, 2.75) is 77.4 Å². The lowest BCUT2D eigenvalue weighted by Gasteiger charge is -2.35. The molecule has 4 heterocycles. The molecule has 57 heavy (non-hydrogen) atoms. The molecule has 2 aromatic carbocycles. The highest BCUT2D eigenvalue weighted by atomic mass is 32.1. The minimum Gasteiger partial charge on any atom is -0.490 e. The average Bonchev–Trinajstić information content (AvgIpc) is 3.52. The maximum absolute atomic E-state index is 14.6. The number of aryl methyl sites for hydroxylation is 1. The molecule has 0 radical (unpaired) electrons. The van der Waals surface area contributed by atoms with Gasteiger partial charge in [0.25, 0.3) is 5.91 Å². The standard InChI is InChI=1S/C41H49FN6O7S2/c1-25-34(57-24-44-25)27-5-6-28(21-43-36(50)32-20-29(49)22-48(32)37(51)35(40(2,3)4)46-38(52)41(42)11-12-41)33(19-27)55-18-17-54-30-9-7-26(8-10-30)31-23-56-39(45-31)47-13-15-53-16-14-47/h5-10,19,23-24,29,32,35,49H,11-18,20-22H2,1-4H3,(H,43,50)(H,46,52). The second-order valence-corrected chi connectivity index (χ2v) is 17.5. The van der Waals surface area contributed by atoms with E-state index < -0.39 is 47.0 Å². The van der Waals surface area contributed by atoms with Crippen molar-refractivity contribution >= 4 is 45.5 Å². The van der Waals surface area contributed by atoms with Crippen molar-refractivity contribution in [1.82, 2.24) is 25.5 Å². The van der Waals surface area contributed by atoms with Gasteiger partial charge >= 0.3 is 0 Å². The van der Waals surface area contributed by atoms with Gasteiger partial charge in [-0.2, -0.15) is 0 Å². The molecule has 0 spiro atoms. The summed E-state index contributed by atoms with van der Waals surface area (Å²) >= 11 is 3.15. The van der Waals surface area contributed by atoms with Crippen LogP contribution in [0.15, 0.2) is 53.4 Å². The van der Waals surface area contributed by atoms with Crippen LogP contribution in [0.1, 0.15) is 51.3 Å². The van der Waals surface area contributed by atoms with E-state index in [9.17, 15) is 23.9 Å². The Kier molecular flexibility index (Phi) is 12.1. The minimum absolute atomic E-state index is 0.0277. The fourth-order valence-electron chi connectivity index (χ4n) is 6.90. The van der Waals surface area contributed by atoms with Gasteiger partial charge in [-0.15, -0.1) is 22.7 Å². The number of halogens is 1. The number of β-amino-alcohol motifs (C(OH)–C–C–N with tert-alkyl or cyclic N) is 1. The Morgan fingerprint density at radius 3 is 2.46 bits per heavy atom. The Labute approximate surface area is 339 Å². The molecule has 4 aromatic rings. The number of ether oxygens (including phenoxy) is 3. The number of rotatable bonds is 14. The monoisotopic (exact) mass is 820 g/mol. The number of carbonyl (C=O) groups excluding carboxylic acids is 3. The van der Waals surface area contributed by atoms with Crippen molar-refractivity contribution in [2.75, 3.05) is 51.0 Å². The third kappa shape index (κ3) is 9.57. The number of likely N-dealkylation sites (tertiary alicyclic amines) is 1. The predicted octanol–water partition coefficient (Wildman–Crippen LogP) is 5.15. The van der Waals surface area contributed by atoms with Crippen LogP contribution in [0.3, 0.4) is 0 Å². The van der Waals surface area contributed by atoms with Gasteiger partial charge in [-0.1, -0.05) is 32.9 Å². The van der Waals surface area contributed by atoms with Crippen molar-refractivity contribution in [1.29, 1.82) is 0 Å². The van der Waals surface area contributed by atoms with Crippen molar-refractivity contribution in [3.8, 4) is 33.2 Å². The first-order valence-corrected chi connectivity index (χ1v) is 21.0. The summed E-state index contributed by atoms with van der Waals surface area (Å²) in [5, 5.41) is 19.2. The van der Waals surface area contributed by atoms with Crippen LogP contribution in [0.25, 0.3) is 21.7 Å². The molecule has 3 atom stereocenters. The normalized spacial score (nSPS) is 19.5. The Morgan fingerprint density at radius 2 is 1.77 bits per heavy atom. The van der Waals surface area contributed by atoms with Crippen LogP contribution < -0.4 is 25.0 Å². The minimum atomic E-state index is -1.96. The van der Waals surface area contributed by atoms with E-state index in [0.717, 1.165) is 45.6 Å². The van der Waals surface area contributed by atoms with E-state index in [1.807, 2.05) is 49.4 Å². The number of aliphatic hydroxyl groups is 1. The van der Waals surface area contributed by atoms with Gasteiger partial charge in [-0.25, -0.2) is 14.4 Å². The maximum Gasteiger partial charge on any atom is 0.258 e. The molecule has 2 aliphatic heterocycles. The molecule has 3 fully saturated rings. The number of carbonyl (C=O) groups is 3. The predicted molar refractivity (Wildman–Crippen MR) is 216 cm³/mol. The number of nitrogens with one attached hydrogen (secondary N) is 2. The summed E-state index contributed by atoms with van der Waals surface area (Å²) < 4.78 is 32.4. The molecular weight excluding hydrogens is 772 g/mol. The lowest BCUT2D eigenvalue weighted by atomic mass is 9.85. The zero-order valence-electron chi connectivity index (χ0n) is 32.6. The molecule has 7 rings (SSSR count). The lowest BCUT2D eigenvalue weighted by molar-refractivity contribution is -0.145. The number of anilines is 1. The van der Waals surface area contributed by atoms with Crippen molar-refractivity contribution in [2.24, 2.45) is 5.41 Å². The Bertz CT molecular complexity index is 2060. The van der Waals surface area contributed by atoms with Crippen LogP contribution in [0.5, 0.6) is 11.5 Å². The highest BCUT2D eigenvalue weighted by molar-refractivity contribution is 7.14. The molecule has 2 aromatic heterocycles. The number of benzene rings is 2. The van der Waals surface area contributed by atoms with Gasteiger partial charge in [0, 0.05) is 49.1 Å². The average molecular weight is 821 g/mol. The fraction of sp³-hybridized carbons (Fsp3) is 0.488. The zero-order valence-corrected chi connectivity index (χ0v) is 34.2. The quantitative estimate of drug-likeness (QED) is 0.146. The molecule has 1 aliphatic carbocycles. The topological polar surface area (TPSA) is 155 Å². The Morgan fingerprint density at radius 1 is 1.05 bits per heavy atom. The second-order valence-electron chi connectivity index (χ2n) is 15.8. The molecule has 13 nitrogen and oxygen atoms in total. The summed E-state index contributed by atoms with van der Waals surface area (Å²) in [5.41, 5.74) is 3.47. The van der Waals surface area contributed by atoms with Crippen LogP contribution in [0.2, 0.25) is 0 Å². The van der Waals surface area contributed by atoms with Crippen LogP contribution >= 0.6 is 22.7 Å². The molecule has 3 unspecified atom stereocenters. The SMILES string of the molecule is Cc1ncsc1-c1ccc(CNC(=O)C2CC(O)CN2C(=O)C(NC(=O)C2(F)CC2)C(C)(C)C)c(OCCOc2ccc(-c3csc(N4CCOCC4)n3)cc2)c1. The fourth-order valence-corrected chi connectivity index (χ4v) is 8.59. The maximum atomic E-state index is 14.6. The second kappa shape index (κ2) is 17.1. The first-order chi connectivity index (χ1) is 27.3. The van der Waals surface area contributed by atoms with Crippen LogP contribution in [-0.4, -0.2) is 108 Å². The number of nitrogens with zero attached hydrogens (tertiary/aromatic N) is 4. The summed E-state index contributed by atoms with van der Waals surface area (Å²) in [5.74, 6) is -0.585. The first-order valence-electron chi connectivity index (χ1n) is 19.2. The van der Waals surface area contributed by atoms with E-state index in [1.165, 1.54) is 16.2 Å². The molecule has 0 bridgehead atoms. The third-order valence-corrected chi connectivity index (χ3v) is 12.3. The Balaban J connectivity index is 0.985. The third-order valence-electron chi connectivity index (χ3n) is 10.4. The Hall–Kier alpha value is -4.64. The van der Waals surface area contributed by atoms with E-state index in [4.69, 9.17) is 19.2 Å². The van der Waals surface area contributed by atoms with Gasteiger partial charge < -0.3 is 39.8 Å². The van der Waals surface area contributed by atoms with E-state index in [2.05, 4.69) is 25.9 Å². The largest absolute Gasteiger partial charge is 0.490 e. The van der Waals surface area contributed by atoms with Crippen molar-refractivity contribution in [3.63, 3.8) is 0 Å². The van der Waals surface area contributed by atoms with Crippen LogP contribution in [0, 0.1) is 12.3 Å². The van der Waals surface area contributed by atoms with Crippen LogP contribution in [-0.2, 0) is 25.7 Å². The van der Waals surface area contributed by atoms with Crippen LogP contribution in [0.4, 0.5) is 9.52 Å². The van der Waals surface area contributed by atoms with E-state index >= 15 is 0 Å². The highest BCUT2D eigenvalue weighted by Crippen LogP contribution is 2.40. The van der Waals surface area contributed by atoms with Gasteiger partial charge in [0.15, 0.2) is 10.8 Å². The van der Waals surface area contributed by atoms with Crippen molar-refractivity contribution < 1.29 is 38.1 Å². The molecule has 3 N–H and O–H groups in total. The number of hydrogen-bond acceptors (Lipinski definition) is 12. The van der Waals surface area contributed by atoms with Gasteiger partial charge in [0.05, 0.1) is 41.1 Å². The first kappa shape index (κ1) is 40.6. The number of alkyl halides is 1. The van der Waals surface area contributed by atoms with Gasteiger partial charge in [-0.3, -0.25) is 14.4 Å². The summed E-state index contributed by atoms with van der Waals surface area (Å²) in [4.78, 5) is 54.0. The zero-order chi connectivity index (χ0) is 40.3. The number of morpholine rings is 1. The number of thiazole rings is 2. The summed E-state index contributed by atoms with van der Waals surface area (Å²) in [6.45, 7) is 10.8. The van der Waals surface area contributed by atoms with Crippen molar-refractivity contribution in [3.05, 3.63) is 64.6 Å². The molecule has 2 saturated heterocycles. The molecule has 3 amide bonds. The molecule has 304 valence electrons.